The normalized spacial score (nSPS) is 39.0. The Hall–Kier alpha value is 0.0900. The third-order valence-electron chi connectivity index (χ3n) is 2.90. The largest absolute Gasteiger partial charge is 0.171 e. The third-order valence-corrected chi connectivity index (χ3v) is 3.43. The Kier molecular flexibility index (Phi) is 1.56. The van der Waals surface area contributed by atoms with E-state index in [1.807, 2.05) is 0 Å². The molecule has 0 spiro atoms. The summed E-state index contributed by atoms with van der Waals surface area (Å²) in [5.41, 5.74) is 3.44. The van der Waals surface area contributed by atoms with Crippen LogP contribution in [0.25, 0.3) is 0 Å². The molecule has 0 fully saturated rings. The Bertz CT molecular complexity index is 163. The summed E-state index contributed by atoms with van der Waals surface area (Å²) in [7, 11) is 0. The minimum atomic E-state index is 0.618. The summed E-state index contributed by atoms with van der Waals surface area (Å²) in [6.07, 6.45) is 5.40. The first-order valence-electron chi connectivity index (χ1n) is 4.19. The van der Waals surface area contributed by atoms with Crippen LogP contribution < -0.4 is 0 Å². The van der Waals surface area contributed by atoms with E-state index in [0.717, 1.165) is 5.92 Å². The van der Waals surface area contributed by atoms with Gasteiger partial charge < -0.3 is 0 Å². The Balaban J connectivity index is 2.27. The lowest BCUT2D eigenvalue weighted by Gasteiger charge is -2.11. The van der Waals surface area contributed by atoms with E-state index in [9.17, 15) is 0 Å². The molecular weight excluding hydrogens is 140 g/mol. The maximum atomic E-state index is 4.57. The Morgan fingerprint density at radius 1 is 1.30 bits per heavy atom. The summed E-state index contributed by atoms with van der Waals surface area (Å²) < 4.78 is 0. The van der Waals surface area contributed by atoms with E-state index in [4.69, 9.17) is 0 Å². The minimum absolute atomic E-state index is 0.618. The molecule has 0 aromatic carbocycles. The van der Waals surface area contributed by atoms with Crippen LogP contribution in [0, 0.1) is 5.92 Å². The van der Waals surface area contributed by atoms with Crippen molar-refractivity contribution >= 4 is 12.6 Å². The molecule has 0 saturated heterocycles. The van der Waals surface area contributed by atoms with Gasteiger partial charge in [-0.15, -0.1) is 0 Å². The van der Waals surface area contributed by atoms with Crippen LogP contribution >= 0.6 is 12.6 Å². The lowest BCUT2D eigenvalue weighted by atomic mass is 10.0. The van der Waals surface area contributed by atoms with E-state index in [-0.39, 0.29) is 0 Å². The molecule has 0 aromatic rings. The van der Waals surface area contributed by atoms with Gasteiger partial charge in [0.05, 0.1) is 0 Å². The maximum absolute atomic E-state index is 4.57. The van der Waals surface area contributed by atoms with Crippen molar-refractivity contribution in [3.8, 4) is 0 Å². The molecule has 2 atom stereocenters. The van der Waals surface area contributed by atoms with Gasteiger partial charge in [-0.05, 0) is 31.6 Å². The van der Waals surface area contributed by atoms with Gasteiger partial charge in [0.15, 0.2) is 0 Å². The zero-order valence-electron chi connectivity index (χ0n) is 6.43. The summed E-state index contributed by atoms with van der Waals surface area (Å²) in [6, 6.07) is 0. The number of allylic oxidation sites excluding steroid dienone is 1. The number of thiol groups is 1. The summed E-state index contributed by atoms with van der Waals surface area (Å²) in [5, 5.41) is 0.618. The molecule has 0 bridgehead atoms. The van der Waals surface area contributed by atoms with Gasteiger partial charge in [0.1, 0.15) is 0 Å². The van der Waals surface area contributed by atoms with E-state index in [1.54, 1.807) is 11.1 Å². The van der Waals surface area contributed by atoms with Crippen molar-refractivity contribution in [3.05, 3.63) is 11.1 Å². The number of rotatable bonds is 0. The molecular formula is C9H14S. The van der Waals surface area contributed by atoms with Crippen LogP contribution in [0.5, 0.6) is 0 Å². The average molecular weight is 154 g/mol. The molecule has 0 amide bonds. The Labute approximate surface area is 68.1 Å². The maximum Gasteiger partial charge on any atom is 0.0234 e. The van der Waals surface area contributed by atoms with E-state index in [1.165, 1.54) is 25.7 Å². The molecule has 0 radical (unpaired) electrons. The topological polar surface area (TPSA) is 0 Å². The zero-order chi connectivity index (χ0) is 7.14. The quantitative estimate of drug-likeness (QED) is 0.402. The predicted octanol–water partition coefficient (Wildman–Crippen LogP) is 2.81. The van der Waals surface area contributed by atoms with Crippen LogP contribution in [0.15, 0.2) is 11.1 Å². The van der Waals surface area contributed by atoms with E-state index < -0.39 is 0 Å². The van der Waals surface area contributed by atoms with Crippen molar-refractivity contribution in [2.75, 3.05) is 0 Å². The van der Waals surface area contributed by atoms with Gasteiger partial charge in [0, 0.05) is 5.25 Å². The fourth-order valence-corrected chi connectivity index (χ4v) is 2.91. The van der Waals surface area contributed by atoms with Crippen LogP contribution in [0.2, 0.25) is 0 Å². The highest BCUT2D eigenvalue weighted by molar-refractivity contribution is 7.81. The van der Waals surface area contributed by atoms with Crippen LogP contribution in [0.4, 0.5) is 0 Å². The summed E-state index contributed by atoms with van der Waals surface area (Å²) in [5.74, 6) is 0.847. The van der Waals surface area contributed by atoms with Gasteiger partial charge in [-0.25, -0.2) is 0 Å². The monoisotopic (exact) mass is 154 g/mol. The molecule has 0 aliphatic heterocycles. The molecule has 0 unspecified atom stereocenters. The second-order valence-electron chi connectivity index (χ2n) is 3.55. The number of hydrogen-bond donors (Lipinski definition) is 1. The predicted molar refractivity (Wildman–Crippen MR) is 47.4 cm³/mol. The molecule has 0 heterocycles. The second-order valence-corrected chi connectivity index (χ2v) is 4.18. The van der Waals surface area contributed by atoms with Crippen molar-refractivity contribution in [2.45, 2.75) is 37.9 Å². The summed E-state index contributed by atoms with van der Waals surface area (Å²) in [6.45, 7) is 2.34. The standard InChI is InChI=1S/C9H14S/c1-6-2-3-7-4-5-8(10)9(6)7/h6,8,10H,2-5H2,1H3/t6-,8-/m1/s1. The minimum Gasteiger partial charge on any atom is -0.171 e. The van der Waals surface area contributed by atoms with Crippen molar-refractivity contribution in [1.82, 2.24) is 0 Å². The van der Waals surface area contributed by atoms with Crippen molar-refractivity contribution in [3.63, 3.8) is 0 Å². The molecule has 56 valence electrons. The Morgan fingerprint density at radius 2 is 2.00 bits per heavy atom. The van der Waals surface area contributed by atoms with Crippen molar-refractivity contribution in [2.24, 2.45) is 5.92 Å². The highest BCUT2D eigenvalue weighted by Crippen LogP contribution is 2.44. The molecule has 2 aliphatic rings. The van der Waals surface area contributed by atoms with Gasteiger partial charge in [0.2, 0.25) is 0 Å². The SMILES string of the molecule is C[C@@H]1CCC2=C1[C@H](S)CC2. The van der Waals surface area contributed by atoms with Gasteiger partial charge in [0.25, 0.3) is 0 Å². The molecule has 2 aliphatic carbocycles. The highest BCUT2D eigenvalue weighted by Gasteiger charge is 2.30. The first-order chi connectivity index (χ1) is 4.79. The van der Waals surface area contributed by atoms with E-state index in [0.29, 0.717) is 5.25 Å². The lowest BCUT2D eigenvalue weighted by Crippen LogP contribution is -2.03. The fraction of sp³-hybridized carbons (Fsp3) is 0.778. The second kappa shape index (κ2) is 2.30. The summed E-state index contributed by atoms with van der Waals surface area (Å²) in [4.78, 5) is 0. The molecule has 2 rings (SSSR count). The highest BCUT2D eigenvalue weighted by atomic mass is 32.1. The smallest absolute Gasteiger partial charge is 0.0234 e. The first-order valence-corrected chi connectivity index (χ1v) is 4.70. The van der Waals surface area contributed by atoms with E-state index >= 15 is 0 Å². The number of hydrogen-bond acceptors (Lipinski definition) is 1. The molecule has 0 N–H and O–H groups in total. The van der Waals surface area contributed by atoms with Crippen LogP contribution in [0.1, 0.15) is 32.6 Å². The zero-order valence-corrected chi connectivity index (χ0v) is 7.32. The van der Waals surface area contributed by atoms with Crippen molar-refractivity contribution in [1.29, 1.82) is 0 Å². The van der Waals surface area contributed by atoms with E-state index in [2.05, 4.69) is 19.6 Å². The molecule has 0 aromatic heterocycles. The molecule has 10 heavy (non-hydrogen) atoms. The van der Waals surface area contributed by atoms with Gasteiger partial charge in [-0.3, -0.25) is 0 Å². The molecule has 0 nitrogen and oxygen atoms in total. The van der Waals surface area contributed by atoms with Gasteiger partial charge in [-0.2, -0.15) is 12.6 Å². The van der Waals surface area contributed by atoms with Crippen LogP contribution in [0.3, 0.4) is 0 Å². The molecule has 0 saturated carbocycles. The summed E-state index contributed by atoms with van der Waals surface area (Å²) >= 11 is 4.57. The van der Waals surface area contributed by atoms with Gasteiger partial charge >= 0.3 is 0 Å². The third kappa shape index (κ3) is 0.833. The van der Waals surface area contributed by atoms with Crippen molar-refractivity contribution < 1.29 is 0 Å². The van der Waals surface area contributed by atoms with Crippen LogP contribution in [-0.4, -0.2) is 5.25 Å². The average Bonchev–Trinajstić information content (AvgIpc) is 2.40. The first kappa shape index (κ1) is 6.78. The van der Waals surface area contributed by atoms with Crippen LogP contribution in [-0.2, 0) is 0 Å². The lowest BCUT2D eigenvalue weighted by molar-refractivity contribution is 0.630. The van der Waals surface area contributed by atoms with Gasteiger partial charge in [-0.1, -0.05) is 18.1 Å². The fourth-order valence-electron chi connectivity index (χ4n) is 2.34. The Morgan fingerprint density at radius 3 is 2.70 bits per heavy atom. The molecule has 1 heteroatoms.